The van der Waals surface area contributed by atoms with E-state index in [9.17, 15) is 9.50 Å². The summed E-state index contributed by atoms with van der Waals surface area (Å²) in [5.41, 5.74) is 0. The minimum Gasteiger partial charge on any atom is -0.391 e. The van der Waals surface area contributed by atoms with Crippen LogP contribution in [0.15, 0.2) is 0 Å². The van der Waals surface area contributed by atoms with Gasteiger partial charge in [0, 0.05) is 0 Å². The van der Waals surface area contributed by atoms with Crippen molar-refractivity contribution in [2.75, 3.05) is 13.2 Å². The van der Waals surface area contributed by atoms with Gasteiger partial charge in [0.1, 0.15) is 6.67 Å². The number of alkyl halides is 1. The number of aliphatic hydroxyl groups is 1. The molecule has 2 N–H and O–H groups in total. The zero-order chi connectivity index (χ0) is 12.2. The Morgan fingerprint density at radius 3 is 2.25 bits per heavy atom. The first-order valence-corrected chi connectivity index (χ1v) is 6.73. The number of hydrogen-bond acceptors (Lipinski definition) is 2. The molecule has 0 aromatic heterocycles. The van der Waals surface area contributed by atoms with Crippen LogP contribution in [0.2, 0.25) is 0 Å². The minimum absolute atomic E-state index is 0.367. The molecule has 2 atom stereocenters. The molecule has 0 aromatic rings. The molecule has 3 heteroatoms. The average molecular weight is 233 g/mol. The van der Waals surface area contributed by atoms with E-state index in [0.717, 1.165) is 38.6 Å². The molecule has 0 heterocycles. The quantitative estimate of drug-likeness (QED) is 0.538. The number of hydrogen-bond donors (Lipinski definition) is 2. The predicted octanol–water partition coefficient (Wildman–Crippen LogP) is 3.05. The van der Waals surface area contributed by atoms with Crippen LogP contribution in [0.5, 0.6) is 0 Å². The van der Waals surface area contributed by atoms with Gasteiger partial charge in [-0.25, -0.2) is 4.39 Å². The lowest BCUT2D eigenvalue weighted by atomic mass is 10.0. The predicted molar refractivity (Wildman–Crippen MR) is 67.4 cm³/mol. The van der Waals surface area contributed by atoms with Crippen LogP contribution in [-0.4, -0.2) is 30.5 Å². The van der Waals surface area contributed by atoms with Gasteiger partial charge in [-0.15, -0.1) is 0 Å². The van der Waals surface area contributed by atoms with Crippen molar-refractivity contribution in [2.45, 2.75) is 70.9 Å². The Hall–Kier alpha value is -0.150. The van der Waals surface area contributed by atoms with Crippen LogP contribution in [0.3, 0.4) is 0 Å². The third-order valence-corrected chi connectivity index (χ3v) is 2.92. The molecule has 16 heavy (non-hydrogen) atoms. The Morgan fingerprint density at radius 1 is 1.06 bits per heavy atom. The first-order valence-electron chi connectivity index (χ1n) is 6.73. The van der Waals surface area contributed by atoms with E-state index >= 15 is 0 Å². The van der Waals surface area contributed by atoms with E-state index in [4.69, 9.17) is 0 Å². The molecule has 0 aliphatic rings. The van der Waals surface area contributed by atoms with Crippen molar-refractivity contribution >= 4 is 0 Å². The van der Waals surface area contributed by atoms with Crippen LogP contribution >= 0.6 is 0 Å². The highest BCUT2D eigenvalue weighted by Gasteiger charge is 2.17. The molecule has 0 bridgehead atoms. The highest BCUT2D eigenvalue weighted by Crippen LogP contribution is 2.07. The molecule has 0 aromatic carbocycles. The minimum atomic E-state index is -0.529. The third-order valence-electron chi connectivity index (χ3n) is 2.92. The number of nitrogens with one attached hydrogen (secondary N) is 1. The van der Waals surface area contributed by atoms with Crippen LogP contribution in [0.4, 0.5) is 4.39 Å². The highest BCUT2D eigenvalue weighted by molar-refractivity contribution is 4.75. The van der Waals surface area contributed by atoms with Crippen LogP contribution in [0.1, 0.15) is 58.8 Å². The van der Waals surface area contributed by atoms with Crippen LogP contribution < -0.4 is 5.32 Å². The Balaban J connectivity index is 3.61. The molecule has 2 nitrogen and oxygen atoms in total. The third kappa shape index (κ3) is 8.05. The molecule has 0 saturated heterocycles. The second-order valence-corrected chi connectivity index (χ2v) is 4.49. The zero-order valence-corrected chi connectivity index (χ0v) is 10.8. The van der Waals surface area contributed by atoms with E-state index < -0.39 is 12.8 Å². The monoisotopic (exact) mass is 233 g/mol. The van der Waals surface area contributed by atoms with Crippen LogP contribution in [0.25, 0.3) is 0 Å². The van der Waals surface area contributed by atoms with E-state index in [-0.39, 0.29) is 6.04 Å². The largest absolute Gasteiger partial charge is 0.391 e. The maximum Gasteiger partial charge on any atom is 0.107 e. The zero-order valence-electron chi connectivity index (χ0n) is 10.8. The van der Waals surface area contributed by atoms with Gasteiger partial charge in [-0.2, -0.15) is 0 Å². The molecule has 0 rings (SSSR count). The smallest absolute Gasteiger partial charge is 0.107 e. The van der Waals surface area contributed by atoms with E-state index in [0.29, 0.717) is 6.42 Å². The summed E-state index contributed by atoms with van der Waals surface area (Å²) in [6.07, 6.45) is 6.82. The Morgan fingerprint density at radius 2 is 1.69 bits per heavy atom. The van der Waals surface area contributed by atoms with Gasteiger partial charge >= 0.3 is 0 Å². The molecule has 0 radical (unpaired) electrons. The van der Waals surface area contributed by atoms with Gasteiger partial charge in [-0.05, 0) is 19.4 Å². The molecule has 98 valence electrons. The standard InChI is InChI=1S/C13H28FNO/c1-3-5-7-9-13(16)12(11-14)15-10-8-6-4-2/h12-13,15-16H,3-11H2,1-2H3. The first kappa shape index (κ1) is 15.9. The van der Waals surface area contributed by atoms with E-state index in [1.165, 1.54) is 6.42 Å². The van der Waals surface area contributed by atoms with E-state index in [1.807, 2.05) is 0 Å². The fourth-order valence-electron chi connectivity index (χ4n) is 1.76. The van der Waals surface area contributed by atoms with Crippen molar-refractivity contribution in [3.63, 3.8) is 0 Å². The molecule has 0 aliphatic heterocycles. The van der Waals surface area contributed by atoms with Gasteiger partial charge in [-0.1, -0.05) is 46.0 Å². The van der Waals surface area contributed by atoms with Gasteiger partial charge in [0.05, 0.1) is 12.1 Å². The molecule has 0 saturated carbocycles. The van der Waals surface area contributed by atoms with E-state index in [1.54, 1.807) is 0 Å². The summed E-state index contributed by atoms with van der Waals surface area (Å²) >= 11 is 0. The molecule has 0 spiro atoms. The summed E-state index contributed by atoms with van der Waals surface area (Å²) < 4.78 is 12.7. The van der Waals surface area contributed by atoms with Crippen LogP contribution in [0, 0.1) is 0 Å². The first-order chi connectivity index (χ1) is 7.76. The number of halogens is 1. The van der Waals surface area contributed by atoms with E-state index in [2.05, 4.69) is 19.2 Å². The summed E-state index contributed by atoms with van der Waals surface area (Å²) in [7, 11) is 0. The summed E-state index contributed by atoms with van der Waals surface area (Å²) in [6.45, 7) is 4.61. The van der Waals surface area contributed by atoms with Crippen molar-refractivity contribution in [3.8, 4) is 0 Å². The van der Waals surface area contributed by atoms with Gasteiger partial charge in [0.2, 0.25) is 0 Å². The fraction of sp³-hybridized carbons (Fsp3) is 1.00. The van der Waals surface area contributed by atoms with Gasteiger partial charge in [-0.3, -0.25) is 0 Å². The Bertz CT molecular complexity index is 144. The molecule has 2 unspecified atom stereocenters. The second kappa shape index (κ2) is 11.3. The molecular weight excluding hydrogens is 205 g/mol. The molecular formula is C13H28FNO. The maximum atomic E-state index is 12.7. The number of unbranched alkanes of at least 4 members (excludes halogenated alkanes) is 4. The molecule has 0 amide bonds. The summed E-state index contributed by atoms with van der Waals surface area (Å²) in [4.78, 5) is 0. The van der Waals surface area contributed by atoms with Crippen LogP contribution in [-0.2, 0) is 0 Å². The average Bonchev–Trinajstić information content (AvgIpc) is 2.29. The lowest BCUT2D eigenvalue weighted by Gasteiger charge is -2.21. The Labute approximate surface area is 99.6 Å². The molecule has 0 fully saturated rings. The highest BCUT2D eigenvalue weighted by atomic mass is 19.1. The molecule has 0 aliphatic carbocycles. The summed E-state index contributed by atoms with van der Waals surface area (Å²) in [6, 6.07) is -0.367. The van der Waals surface area contributed by atoms with Crippen molar-refractivity contribution in [1.82, 2.24) is 5.32 Å². The summed E-state index contributed by atoms with van der Waals surface area (Å²) in [5.74, 6) is 0. The van der Waals surface area contributed by atoms with Crippen molar-refractivity contribution in [3.05, 3.63) is 0 Å². The second-order valence-electron chi connectivity index (χ2n) is 4.49. The SMILES string of the molecule is CCCCCNC(CF)C(O)CCCCC. The number of rotatable bonds is 11. The topological polar surface area (TPSA) is 32.3 Å². The van der Waals surface area contributed by atoms with Gasteiger partial charge in [0.15, 0.2) is 0 Å². The normalized spacial score (nSPS) is 15.0. The Kier molecular flexibility index (Phi) is 11.2. The lowest BCUT2D eigenvalue weighted by Crippen LogP contribution is -2.42. The lowest BCUT2D eigenvalue weighted by molar-refractivity contribution is 0.102. The summed E-state index contributed by atoms with van der Waals surface area (Å²) in [5, 5.41) is 12.9. The van der Waals surface area contributed by atoms with Crippen molar-refractivity contribution < 1.29 is 9.50 Å². The van der Waals surface area contributed by atoms with Gasteiger partial charge < -0.3 is 10.4 Å². The maximum absolute atomic E-state index is 12.7. The fourth-order valence-corrected chi connectivity index (χ4v) is 1.76. The van der Waals surface area contributed by atoms with Gasteiger partial charge in [0.25, 0.3) is 0 Å². The van der Waals surface area contributed by atoms with Crippen molar-refractivity contribution in [2.24, 2.45) is 0 Å². The van der Waals surface area contributed by atoms with Crippen molar-refractivity contribution in [1.29, 1.82) is 0 Å². The number of aliphatic hydroxyl groups excluding tert-OH is 1.